The number of hydrogen-bond donors (Lipinski definition) is 0. The molecule has 0 spiro atoms. The first-order chi connectivity index (χ1) is 13.2. The maximum absolute atomic E-state index is 7.61. The molecule has 0 amide bonds. The molecule has 2 aromatic carbocycles. The molecule has 1 aromatic heterocycles. The second-order valence-corrected chi connectivity index (χ2v) is 6.85. The van der Waals surface area contributed by atoms with Gasteiger partial charge in [-0.05, 0) is 35.4 Å². The van der Waals surface area contributed by atoms with E-state index in [0.717, 1.165) is 29.8 Å². The van der Waals surface area contributed by atoms with E-state index in [1.807, 2.05) is 30.3 Å². The van der Waals surface area contributed by atoms with Gasteiger partial charge in [0, 0.05) is 24.8 Å². The van der Waals surface area contributed by atoms with Crippen LogP contribution < -0.4 is 9.64 Å². The highest BCUT2D eigenvalue weighted by molar-refractivity contribution is 6.31. The zero-order chi connectivity index (χ0) is 18.6. The molecular formula is C22H18ClN3O. The molecule has 4 nitrogen and oxygen atoms in total. The van der Waals surface area contributed by atoms with Gasteiger partial charge >= 0.3 is 0 Å². The van der Waals surface area contributed by atoms with Gasteiger partial charge in [0.2, 0.25) is 11.6 Å². The van der Waals surface area contributed by atoms with Gasteiger partial charge in [-0.1, -0.05) is 48.0 Å². The number of ether oxygens (including phenoxy) is 1. The van der Waals surface area contributed by atoms with Crippen molar-refractivity contribution in [2.75, 3.05) is 18.0 Å². The molecule has 1 fully saturated rings. The molecule has 0 unspecified atom stereocenters. The van der Waals surface area contributed by atoms with Crippen LogP contribution in [-0.4, -0.2) is 24.2 Å². The highest BCUT2D eigenvalue weighted by Gasteiger charge is 2.26. The van der Waals surface area contributed by atoms with Crippen molar-refractivity contribution < 1.29 is 4.74 Å². The fourth-order valence-electron chi connectivity index (χ4n) is 3.35. The van der Waals surface area contributed by atoms with E-state index < -0.39 is 0 Å². The Morgan fingerprint density at radius 3 is 2.70 bits per heavy atom. The van der Waals surface area contributed by atoms with Crippen LogP contribution in [0.15, 0.2) is 66.9 Å². The largest absolute Gasteiger partial charge is 0.471 e. The molecule has 1 atom stereocenters. The van der Waals surface area contributed by atoms with Crippen LogP contribution in [0.1, 0.15) is 6.42 Å². The minimum atomic E-state index is 0.00443. The molecule has 27 heavy (non-hydrogen) atoms. The molecule has 134 valence electrons. The number of benzene rings is 2. The Balaban J connectivity index is 1.52. The van der Waals surface area contributed by atoms with Crippen molar-refractivity contribution in [2.45, 2.75) is 12.5 Å². The lowest BCUT2D eigenvalue weighted by atomic mass is 10.0. The van der Waals surface area contributed by atoms with Crippen LogP contribution in [0, 0.1) is 6.57 Å². The number of hydrogen-bond acceptors (Lipinski definition) is 3. The summed E-state index contributed by atoms with van der Waals surface area (Å²) in [7, 11) is 0. The molecule has 0 aliphatic carbocycles. The summed E-state index contributed by atoms with van der Waals surface area (Å²) < 4.78 is 5.96. The number of halogens is 1. The van der Waals surface area contributed by atoms with Crippen molar-refractivity contribution in [3.63, 3.8) is 0 Å². The van der Waals surface area contributed by atoms with Crippen LogP contribution in [0.3, 0.4) is 0 Å². The van der Waals surface area contributed by atoms with Crippen molar-refractivity contribution in [1.82, 2.24) is 4.98 Å². The van der Waals surface area contributed by atoms with E-state index in [9.17, 15) is 0 Å². The summed E-state index contributed by atoms with van der Waals surface area (Å²) in [5.74, 6) is 0.468. The minimum absolute atomic E-state index is 0.00443. The quantitative estimate of drug-likeness (QED) is 0.555. The molecule has 1 aliphatic heterocycles. The van der Waals surface area contributed by atoms with Crippen molar-refractivity contribution in [3.05, 3.63) is 83.3 Å². The molecule has 0 bridgehead atoms. The van der Waals surface area contributed by atoms with E-state index in [4.69, 9.17) is 22.9 Å². The molecule has 1 saturated heterocycles. The van der Waals surface area contributed by atoms with Crippen molar-refractivity contribution in [1.29, 1.82) is 0 Å². The van der Waals surface area contributed by atoms with Gasteiger partial charge in [0.1, 0.15) is 11.1 Å². The first-order valence-electron chi connectivity index (χ1n) is 8.83. The van der Waals surface area contributed by atoms with Crippen LogP contribution in [0.4, 0.5) is 11.4 Å². The Labute approximate surface area is 163 Å². The fraction of sp³-hybridized carbons (Fsp3) is 0.182. The molecule has 0 radical (unpaired) electrons. The van der Waals surface area contributed by atoms with Gasteiger partial charge in [0.25, 0.3) is 0 Å². The number of anilines is 1. The Morgan fingerprint density at radius 1 is 1.07 bits per heavy atom. The summed E-state index contributed by atoms with van der Waals surface area (Å²) in [6, 6.07) is 19.7. The number of rotatable bonds is 4. The van der Waals surface area contributed by atoms with E-state index in [-0.39, 0.29) is 6.10 Å². The summed E-state index contributed by atoms with van der Waals surface area (Å²) in [4.78, 5) is 10.2. The van der Waals surface area contributed by atoms with E-state index in [1.165, 1.54) is 0 Å². The number of pyridine rings is 1. The summed E-state index contributed by atoms with van der Waals surface area (Å²) in [6.07, 6.45) is 2.54. The first kappa shape index (κ1) is 17.4. The molecule has 0 N–H and O–H groups in total. The summed E-state index contributed by atoms with van der Waals surface area (Å²) >= 11 is 6.14. The van der Waals surface area contributed by atoms with E-state index in [1.54, 1.807) is 18.3 Å². The van der Waals surface area contributed by atoms with Crippen molar-refractivity contribution in [2.24, 2.45) is 0 Å². The lowest BCUT2D eigenvalue weighted by Gasteiger charge is -2.21. The van der Waals surface area contributed by atoms with Gasteiger partial charge in [0.05, 0.1) is 13.1 Å². The summed E-state index contributed by atoms with van der Waals surface area (Å²) in [5.41, 5.74) is 3.77. The predicted molar refractivity (Wildman–Crippen MR) is 109 cm³/mol. The van der Waals surface area contributed by atoms with Crippen LogP contribution in [0.2, 0.25) is 5.02 Å². The molecular weight excluding hydrogens is 358 g/mol. The van der Waals surface area contributed by atoms with Gasteiger partial charge in [0.15, 0.2) is 0 Å². The van der Waals surface area contributed by atoms with Crippen molar-refractivity contribution >= 4 is 23.0 Å². The predicted octanol–water partition coefficient (Wildman–Crippen LogP) is 5.61. The van der Waals surface area contributed by atoms with Crippen molar-refractivity contribution in [3.8, 4) is 17.0 Å². The fourth-order valence-corrected chi connectivity index (χ4v) is 3.52. The lowest BCUT2D eigenvalue weighted by Crippen LogP contribution is -2.24. The second-order valence-electron chi connectivity index (χ2n) is 6.45. The lowest BCUT2D eigenvalue weighted by molar-refractivity contribution is 0.216. The highest BCUT2D eigenvalue weighted by atomic mass is 35.5. The highest BCUT2D eigenvalue weighted by Crippen LogP contribution is 2.36. The third kappa shape index (κ3) is 3.74. The van der Waals surface area contributed by atoms with E-state index >= 15 is 0 Å². The summed E-state index contributed by atoms with van der Waals surface area (Å²) in [6.45, 7) is 9.15. The third-order valence-corrected chi connectivity index (χ3v) is 4.98. The third-order valence-electron chi connectivity index (χ3n) is 4.69. The number of aromatic nitrogens is 1. The van der Waals surface area contributed by atoms with Gasteiger partial charge < -0.3 is 9.64 Å². The van der Waals surface area contributed by atoms with E-state index in [2.05, 4.69) is 32.9 Å². The van der Waals surface area contributed by atoms with Crippen LogP contribution >= 0.6 is 11.6 Å². The number of nitrogens with zero attached hydrogens (tertiary/aromatic N) is 3. The molecule has 4 rings (SSSR count). The standard InChI is InChI=1S/C22H18ClN3O/c1-24-20-14-17(16-6-3-2-4-7-16)9-10-21(20)26-13-11-18(15-26)27-22-19(23)8-5-12-25-22/h2-10,12,14,18H,11,13,15H2/t18-/m0/s1. The van der Waals surface area contributed by atoms with E-state index in [0.29, 0.717) is 23.1 Å². The molecule has 1 aliphatic rings. The molecule has 3 aromatic rings. The molecule has 0 saturated carbocycles. The zero-order valence-electron chi connectivity index (χ0n) is 14.7. The average Bonchev–Trinajstić information content (AvgIpc) is 3.18. The van der Waals surface area contributed by atoms with Crippen LogP contribution in [-0.2, 0) is 0 Å². The topological polar surface area (TPSA) is 29.7 Å². The van der Waals surface area contributed by atoms with Gasteiger partial charge in [-0.3, -0.25) is 0 Å². The maximum Gasteiger partial charge on any atom is 0.232 e. The first-order valence-corrected chi connectivity index (χ1v) is 9.21. The molecule has 2 heterocycles. The van der Waals surface area contributed by atoms with Gasteiger partial charge in [-0.15, -0.1) is 0 Å². The maximum atomic E-state index is 7.61. The second kappa shape index (κ2) is 7.69. The average molecular weight is 376 g/mol. The smallest absolute Gasteiger partial charge is 0.232 e. The van der Waals surface area contributed by atoms with Crippen LogP contribution in [0.5, 0.6) is 5.88 Å². The normalized spacial score (nSPS) is 16.1. The Bertz CT molecular complexity index is 984. The van der Waals surface area contributed by atoms with Gasteiger partial charge in [-0.2, -0.15) is 0 Å². The Hall–Kier alpha value is -3.03. The monoisotopic (exact) mass is 375 g/mol. The van der Waals surface area contributed by atoms with Gasteiger partial charge in [-0.25, -0.2) is 9.83 Å². The summed E-state index contributed by atoms with van der Waals surface area (Å²) in [5, 5.41) is 0.519. The Morgan fingerprint density at radius 2 is 1.93 bits per heavy atom. The van der Waals surface area contributed by atoms with Crippen LogP contribution in [0.25, 0.3) is 16.0 Å². The minimum Gasteiger partial charge on any atom is -0.471 e. The molecule has 5 heteroatoms. The zero-order valence-corrected chi connectivity index (χ0v) is 15.4. The Kier molecular flexibility index (Phi) is 4.95. The SMILES string of the molecule is [C-]#[N+]c1cc(-c2ccccc2)ccc1N1CC[C@H](Oc2ncccc2Cl)C1.